The van der Waals surface area contributed by atoms with E-state index < -0.39 is 5.82 Å². The Labute approximate surface area is 162 Å². The van der Waals surface area contributed by atoms with Crippen LogP contribution in [-0.2, 0) is 0 Å². The summed E-state index contributed by atoms with van der Waals surface area (Å²) in [5, 5.41) is 14.7. The molecule has 3 aromatic rings. The summed E-state index contributed by atoms with van der Waals surface area (Å²) in [6.07, 6.45) is 1.46. The molecule has 0 fully saturated rings. The third-order valence-electron chi connectivity index (χ3n) is 3.52. The maximum absolute atomic E-state index is 13.9. The van der Waals surface area contributed by atoms with E-state index in [-0.39, 0.29) is 5.69 Å². The van der Waals surface area contributed by atoms with Crippen molar-refractivity contribution in [2.75, 3.05) is 12.4 Å². The summed E-state index contributed by atoms with van der Waals surface area (Å²) < 4.78 is 19.7. The van der Waals surface area contributed by atoms with Crippen molar-refractivity contribution in [3.63, 3.8) is 0 Å². The van der Waals surface area contributed by atoms with E-state index in [0.29, 0.717) is 15.1 Å². The van der Waals surface area contributed by atoms with Gasteiger partial charge in [-0.15, -0.1) is 11.3 Å². The number of methoxy groups -OCH3 is 1. The quantitative estimate of drug-likeness (QED) is 0.528. The molecule has 130 valence electrons. The fourth-order valence-corrected chi connectivity index (χ4v) is 3.34. The average Bonchev–Trinajstić information content (AvgIpc) is 3.14. The molecule has 4 nitrogen and oxygen atoms in total. The van der Waals surface area contributed by atoms with Crippen LogP contribution in [-0.4, -0.2) is 12.1 Å². The Morgan fingerprint density at radius 1 is 1.35 bits per heavy atom. The van der Waals surface area contributed by atoms with Gasteiger partial charge in [-0.25, -0.2) is 9.37 Å². The maximum Gasteiger partial charge on any atom is 0.147 e. The van der Waals surface area contributed by atoms with Crippen molar-refractivity contribution >= 4 is 38.5 Å². The molecule has 1 heterocycles. The molecular formula is C19H13BrFN3OS. The number of hydrogen-bond acceptors (Lipinski definition) is 5. The van der Waals surface area contributed by atoms with Gasteiger partial charge < -0.3 is 10.1 Å². The zero-order valence-electron chi connectivity index (χ0n) is 13.7. The summed E-state index contributed by atoms with van der Waals surface area (Å²) in [6, 6.07) is 14.3. The summed E-state index contributed by atoms with van der Waals surface area (Å²) in [7, 11) is 1.61. The molecule has 26 heavy (non-hydrogen) atoms. The van der Waals surface area contributed by atoms with Crippen molar-refractivity contribution in [2.45, 2.75) is 0 Å². The van der Waals surface area contributed by atoms with Crippen LogP contribution < -0.4 is 10.1 Å². The highest BCUT2D eigenvalue weighted by Gasteiger charge is 2.10. The molecule has 0 aliphatic heterocycles. The van der Waals surface area contributed by atoms with Crippen LogP contribution in [0.2, 0.25) is 0 Å². The molecule has 0 unspecified atom stereocenters. The molecule has 0 amide bonds. The number of ether oxygens (including phenoxy) is 1. The van der Waals surface area contributed by atoms with Crippen molar-refractivity contribution in [2.24, 2.45) is 0 Å². The minimum absolute atomic E-state index is 0.283. The van der Waals surface area contributed by atoms with Crippen LogP contribution in [0.1, 0.15) is 5.01 Å². The Kier molecular flexibility index (Phi) is 5.66. The number of nitriles is 1. The number of allylic oxidation sites excluding steroid dienone is 1. The molecule has 0 bridgehead atoms. The second-order valence-corrected chi connectivity index (χ2v) is 6.98. The number of nitrogens with zero attached hydrogens (tertiary/aromatic N) is 2. The Bertz CT molecular complexity index is 1010. The number of aromatic nitrogens is 1. The first-order chi connectivity index (χ1) is 12.6. The first-order valence-electron chi connectivity index (χ1n) is 7.53. The van der Waals surface area contributed by atoms with Crippen molar-refractivity contribution in [1.82, 2.24) is 4.98 Å². The van der Waals surface area contributed by atoms with E-state index in [1.165, 1.54) is 23.6 Å². The number of halogens is 2. The number of anilines is 1. The van der Waals surface area contributed by atoms with Gasteiger partial charge >= 0.3 is 0 Å². The molecule has 1 N–H and O–H groups in total. The fourth-order valence-electron chi connectivity index (χ4n) is 2.21. The highest BCUT2D eigenvalue weighted by Crippen LogP contribution is 2.28. The molecule has 0 aliphatic rings. The molecule has 0 atom stereocenters. The van der Waals surface area contributed by atoms with Gasteiger partial charge in [-0.2, -0.15) is 5.26 Å². The average molecular weight is 430 g/mol. The molecular weight excluding hydrogens is 417 g/mol. The topological polar surface area (TPSA) is 57.9 Å². The lowest BCUT2D eigenvalue weighted by molar-refractivity contribution is 0.415. The van der Waals surface area contributed by atoms with E-state index in [1.807, 2.05) is 29.6 Å². The van der Waals surface area contributed by atoms with E-state index in [1.54, 1.807) is 19.2 Å². The second kappa shape index (κ2) is 8.13. The smallest absolute Gasteiger partial charge is 0.147 e. The van der Waals surface area contributed by atoms with Gasteiger partial charge in [0.15, 0.2) is 0 Å². The van der Waals surface area contributed by atoms with Gasteiger partial charge in [0.1, 0.15) is 28.2 Å². The number of hydrogen-bond donors (Lipinski definition) is 1. The van der Waals surface area contributed by atoms with E-state index in [4.69, 9.17) is 4.74 Å². The van der Waals surface area contributed by atoms with Gasteiger partial charge in [0, 0.05) is 21.6 Å². The molecule has 0 saturated heterocycles. The summed E-state index contributed by atoms with van der Waals surface area (Å²) in [6.45, 7) is 0. The molecule has 1 aromatic heterocycles. The lowest BCUT2D eigenvalue weighted by Gasteiger charge is -2.03. The minimum Gasteiger partial charge on any atom is -0.497 e. The predicted molar refractivity (Wildman–Crippen MR) is 105 cm³/mol. The molecule has 3 rings (SSSR count). The van der Waals surface area contributed by atoms with Crippen LogP contribution >= 0.6 is 27.3 Å². The number of benzene rings is 2. The van der Waals surface area contributed by atoms with Crippen LogP contribution in [0.25, 0.3) is 16.8 Å². The summed E-state index contributed by atoms with van der Waals surface area (Å²) in [4.78, 5) is 4.51. The molecule has 0 radical (unpaired) electrons. The molecule has 0 aliphatic carbocycles. The number of rotatable bonds is 5. The Morgan fingerprint density at radius 2 is 2.19 bits per heavy atom. The van der Waals surface area contributed by atoms with Crippen LogP contribution in [0.15, 0.2) is 58.5 Å². The van der Waals surface area contributed by atoms with Gasteiger partial charge in [-0.3, -0.25) is 0 Å². The first-order valence-corrected chi connectivity index (χ1v) is 9.20. The molecule has 0 saturated carbocycles. The Balaban J connectivity index is 1.85. The third-order valence-corrected chi connectivity index (χ3v) is 4.89. The Hall–Kier alpha value is -2.69. The summed E-state index contributed by atoms with van der Waals surface area (Å²) in [5.41, 5.74) is 2.26. The highest BCUT2D eigenvalue weighted by molar-refractivity contribution is 9.10. The van der Waals surface area contributed by atoms with Gasteiger partial charge in [0.25, 0.3) is 0 Å². The largest absolute Gasteiger partial charge is 0.497 e. The van der Waals surface area contributed by atoms with Gasteiger partial charge in [-0.05, 0) is 30.3 Å². The minimum atomic E-state index is -0.413. The van der Waals surface area contributed by atoms with Crippen LogP contribution in [0, 0.1) is 17.1 Å². The first kappa shape index (κ1) is 18.1. The number of nitrogens with one attached hydrogen (secondary N) is 1. The van der Waals surface area contributed by atoms with Crippen LogP contribution in [0.4, 0.5) is 10.1 Å². The predicted octanol–water partition coefficient (Wildman–Crippen LogP) is 5.70. The van der Waals surface area contributed by atoms with Crippen molar-refractivity contribution in [3.8, 4) is 23.1 Å². The van der Waals surface area contributed by atoms with Crippen LogP contribution in [0.5, 0.6) is 5.75 Å². The highest BCUT2D eigenvalue weighted by atomic mass is 79.9. The monoisotopic (exact) mass is 429 g/mol. The van der Waals surface area contributed by atoms with E-state index in [9.17, 15) is 9.65 Å². The van der Waals surface area contributed by atoms with E-state index in [2.05, 4.69) is 32.3 Å². The lowest BCUT2D eigenvalue weighted by atomic mass is 10.1. The van der Waals surface area contributed by atoms with Gasteiger partial charge in [0.2, 0.25) is 0 Å². The normalized spacial score (nSPS) is 11.1. The standard InChI is InChI=1S/C19H13BrFN3OS/c1-25-15-4-2-3-12(7-15)18-11-26-19(24-18)13(9-22)10-23-17-6-5-14(20)8-16(17)21/h2-8,10-11,23H,1H3/b13-10+. The third kappa shape index (κ3) is 4.10. The summed E-state index contributed by atoms with van der Waals surface area (Å²) in [5.74, 6) is 0.324. The summed E-state index contributed by atoms with van der Waals surface area (Å²) >= 11 is 4.56. The van der Waals surface area contributed by atoms with Gasteiger partial charge in [-0.1, -0.05) is 28.1 Å². The SMILES string of the molecule is COc1cccc(-c2csc(/C(C#N)=C/Nc3ccc(Br)cc3F)n2)c1. The second-order valence-electron chi connectivity index (χ2n) is 5.21. The zero-order valence-corrected chi connectivity index (χ0v) is 16.1. The Morgan fingerprint density at radius 3 is 2.92 bits per heavy atom. The zero-order chi connectivity index (χ0) is 18.5. The van der Waals surface area contributed by atoms with Crippen molar-refractivity contribution < 1.29 is 9.13 Å². The number of thiazole rings is 1. The van der Waals surface area contributed by atoms with E-state index in [0.717, 1.165) is 17.0 Å². The van der Waals surface area contributed by atoms with E-state index >= 15 is 0 Å². The van der Waals surface area contributed by atoms with Crippen molar-refractivity contribution in [3.05, 3.63) is 69.3 Å². The lowest BCUT2D eigenvalue weighted by Crippen LogP contribution is -1.94. The van der Waals surface area contributed by atoms with Crippen molar-refractivity contribution in [1.29, 1.82) is 5.26 Å². The maximum atomic E-state index is 13.9. The molecule has 2 aromatic carbocycles. The van der Waals surface area contributed by atoms with Crippen LogP contribution in [0.3, 0.4) is 0 Å². The molecule has 0 spiro atoms. The van der Waals surface area contributed by atoms with Gasteiger partial charge in [0.05, 0.1) is 18.5 Å². The molecule has 7 heteroatoms. The fraction of sp³-hybridized carbons (Fsp3) is 0.0526.